The molecule has 0 bridgehead atoms. The molecule has 0 saturated heterocycles. The highest BCUT2D eigenvalue weighted by molar-refractivity contribution is 5.45. The quantitative estimate of drug-likeness (QED) is 0.432. The minimum atomic E-state index is 0.691. The molecule has 1 amide bonds. The molecule has 0 aliphatic rings. The molecule has 0 N–H and O–H groups in total. The van der Waals surface area contributed by atoms with Crippen molar-refractivity contribution in [2.45, 2.75) is 0 Å². The average Bonchev–Trinajstić information content (AvgIpc) is 2.02. The zero-order valence-corrected chi connectivity index (χ0v) is 7.66. The van der Waals surface area contributed by atoms with Gasteiger partial charge < -0.3 is 14.4 Å². The lowest BCUT2D eigenvalue weighted by molar-refractivity contribution is -0.115. The number of rotatable bonds is 4. The van der Waals surface area contributed by atoms with E-state index >= 15 is 0 Å². The molecule has 0 aliphatic carbocycles. The summed E-state index contributed by atoms with van der Waals surface area (Å²) in [5.41, 5.74) is 0. The number of amides is 1. The molecule has 0 spiro atoms. The number of hydrogen-bond donors (Lipinski definition) is 0. The van der Waals surface area contributed by atoms with Crippen molar-refractivity contribution < 1.29 is 14.3 Å². The van der Waals surface area contributed by atoms with Gasteiger partial charge in [0.25, 0.3) is 0 Å². The van der Waals surface area contributed by atoms with Crippen molar-refractivity contribution in [3.63, 3.8) is 0 Å². The van der Waals surface area contributed by atoms with Crippen molar-refractivity contribution in [1.29, 1.82) is 0 Å². The van der Waals surface area contributed by atoms with Crippen LogP contribution < -0.4 is 0 Å². The first-order chi connectivity index (χ1) is 5.18. The molecule has 11 heavy (non-hydrogen) atoms. The molecule has 0 unspecified atom stereocenters. The molecule has 4 heteroatoms. The predicted octanol–water partition coefficient (Wildman–Crippen LogP) is -0.0164. The number of carbonyl (C=O) groups is 1. The fourth-order valence-electron chi connectivity index (χ4n) is 0.167. The third kappa shape index (κ3) is 26.6. The summed E-state index contributed by atoms with van der Waals surface area (Å²) in [6.07, 6.45) is 0.750. The van der Waals surface area contributed by atoms with Gasteiger partial charge in [0, 0.05) is 28.3 Å². The normalized spacial score (nSPS) is 8.00. The van der Waals surface area contributed by atoms with Crippen LogP contribution in [0.4, 0.5) is 0 Å². The lowest BCUT2D eigenvalue weighted by Gasteiger charge is -1.93. The van der Waals surface area contributed by atoms with E-state index in [1.807, 2.05) is 0 Å². The summed E-state index contributed by atoms with van der Waals surface area (Å²) in [4.78, 5) is 10.9. The first kappa shape index (κ1) is 13.0. The second-order valence-corrected chi connectivity index (χ2v) is 2.05. The summed E-state index contributed by atoms with van der Waals surface area (Å²) in [7, 11) is 6.68. The van der Waals surface area contributed by atoms with Crippen LogP contribution in [0.2, 0.25) is 0 Å². The first-order valence-electron chi connectivity index (χ1n) is 3.28. The molecule has 0 radical (unpaired) electrons. The maximum atomic E-state index is 9.43. The Morgan fingerprint density at radius 2 is 1.45 bits per heavy atom. The van der Waals surface area contributed by atoms with Crippen LogP contribution in [0.5, 0.6) is 0 Å². The fraction of sp³-hybridized carbons (Fsp3) is 0.857. The van der Waals surface area contributed by atoms with Crippen LogP contribution in [-0.4, -0.2) is 52.8 Å². The van der Waals surface area contributed by atoms with Crippen molar-refractivity contribution in [3.8, 4) is 0 Å². The Morgan fingerprint density at radius 1 is 1.18 bits per heavy atom. The highest BCUT2D eigenvalue weighted by Gasteiger charge is 1.73. The second kappa shape index (κ2) is 12.1. The van der Waals surface area contributed by atoms with Crippen molar-refractivity contribution in [2.75, 3.05) is 41.5 Å². The summed E-state index contributed by atoms with van der Waals surface area (Å²) in [5.74, 6) is 0. The monoisotopic (exact) mass is 163 g/mol. The molecule has 0 aromatic carbocycles. The minimum absolute atomic E-state index is 0.691. The van der Waals surface area contributed by atoms with E-state index in [9.17, 15) is 4.79 Å². The van der Waals surface area contributed by atoms with E-state index in [1.54, 1.807) is 28.3 Å². The van der Waals surface area contributed by atoms with Crippen LogP contribution >= 0.6 is 0 Å². The van der Waals surface area contributed by atoms with E-state index in [2.05, 4.69) is 9.47 Å². The number of methoxy groups -OCH3 is 2. The second-order valence-electron chi connectivity index (χ2n) is 2.05. The van der Waals surface area contributed by atoms with Crippen LogP contribution in [0.15, 0.2) is 0 Å². The fourth-order valence-corrected chi connectivity index (χ4v) is 0.167. The van der Waals surface area contributed by atoms with Crippen LogP contribution in [0.3, 0.4) is 0 Å². The lowest BCUT2D eigenvalue weighted by atomic mass is 10.8. The largest absolute Gasteiger partial charge is 0.382 e. The third-order valence-electron chi connectivity index (χ3n) is 0.702. The Hall–Kier alpha value is -0.610. The van der Waals surface area contributed by atoms with Crippen molar-refractivity contribution >= 4 is 6.41 Å². The van der Waals surface area contributed by atoms with Gasteiger partial charge in [0.1, 0.15) is 0 Å². The van der Waals surface area contributed by atoms with E-state index < -0.39 is 0 Å². The van der Waals surface area contributed by atoms with Gasteiger partial charge in [0.15, 0.2) is 0 Å². The maximum Gasteiger partial charge on any atom is 0.209 e. The Kier molecular flexibility index (Phi) is 14.3. The summed E-state index contributed by atoms with van der Waals surface area (Å²) < 4.78 is 9.31. The van der Waals surface area contributed by atoms with Gasteiger partial charge in [0.2, 0.25) is 6.41 Å². The van der Waals surface area contributed by atoms with Gasteiger partial charge in [-0.3, -0.25) is 4.79 Å². The molecule has 0 heterocycles. The highest BCUT2D eigenvalue weighted by Crippen LogP contribution is 1.65. The van der Waals surface area contributed by atoms with Crippen molar-refractivity contribution in [2.24, 2.45) is 0 Å². The molecule has 68 valence electrons. The summed E-state index contributed by atoms with van der Waals surface area (Å²) in [6, 6.07) is 0. The smallest absolute Gasteiger partial charge is 0.209 e. The van der Waals surface area contributed by atoms with Crippen LogP contribution in [0.1, 0.15) is 0 Å². The van der Waals surface area contributed by atoms with E-state index in [0.29, 0.717) is 13.2 Å². The molecule has 0 aromatic heterocycles. The number of nitrogens with zero attached hydrogens (tertiary/aromatic N) is 1. The molecular weight excluding hydrogens is 146 g/mol. The number of carbonyl (C=O) groups excluding carboxylic acids is 1. The molecule has 0 aliphatic heterocycles. The van der Waals surface area contributed by atoms with E-state index in [4.69, 9.17) is 0 Å². The third-order valence-corrected chi connectivity index (χ3v) is 0.702. The number of ether oxygens (including phenoxy) is 2. The van der Waals surface area contributed by atoms with Gasteiger partial charge in [0.05, 0.1) is 13.2 Å². The zero-order valence-electron chi connectivity index (χ0n) is 7.66. The van der Waals surface area contributed by atoms with Gasteiger partial charge in [-0.2, -0.15) is 0 Å². The SMILES string of the molecule is CN(C)C=O.COCCOC. The Labute approximate surface area is 68.1 Å². The van der Waals surface area contributed by atoms with Crippen LogP contribution in [0.25, 0.3) is 0 Å². The highest BCUT2D eigenvalue weighted by atomic mass is 16.5. The molecular formula is C7H17NO3. The minimum Gasteiger partial charge on any atom is -0.382 e. The van der Waals surface area contributed by atoms with Crippen molar-refractivity contribution in [1.82, 2.24) is 4.90 Å². The Morgan fingerprint density at radius 3 is 1.55 bits per heavy atom. The summed E-state index contributed by atoms with van der Waals surface area (Å²) >= 11 is 0. The molecule has 0 aromatic rings. The van der Waals surface area contributed by atoms with Crippen LogP contribution in [0, 0.1) is 0 Å². The summed E-state index contributed by atoms with van der Waals surface area (Å²) in [5, 5.41) is 0. The van der Waals surface area contributed by atoms with Gasteiger partial charge in [-0.05, 0) is 0 Å². The summed E-state index contributed by atoms with van der Waals surface area (Å²) in [6.45, 7) is 1.38. The van der Waals surface area contributed by atoms with Gasteiger partial charge in [-0.25, -0.2) is 0 Å². The topological polar surface area (TPSA) is 38.8 Å². The molecule has 0 rings (SSSR count). The molecule has 0 fully saturated rings. The maximum absolute atomic E-state index is 9.43. The van der Waals surface area contributed by atoms with E-state index in [1.165, 1.54) is 4.90 Å². The van der Waals surface area contributed by atoms with E-state index in [-0.39, 0.29) is 0 Å². The molecule has 0 saturated carbocycles. The molecule has 0 atom stereocenters. The average molecular weight is 163 g/mol. The van der Waals surface area contributed by atoms with Gasteiger partial charge in [-0.15, -0.1) is 0 Å². The first-order valence-corrected chi connectivity index (χ1v) is 3.28. The Bertz CT molecular complexity index is 72.1. The van der Waals surface area contributed by atoms with Crippen LogP contribution in [-0.2, 0) is 14.3 Å². The lowest BCUT2D eigenvalue weighted by Crippen LogP contribution is -2.06. The Balaban J connectivity index is 0. The predicted molar refractivity (Wildman–Crippen MR) is 43.5 cm³/mol. The number of hydrogen-bond acceptors (Lipinski definition) is 3. The van der Waals surface area contributed by atoms with Crippen molar-refractivity contribution in [3.05, 3.63) is 0 Å². The standard InChI is InChI=1S/C4H10O2.C3H7NO/c1-5-3-4-6-2;1-4(2)3-5/h3-4H2,1-2H3;3H,1-2H3. The zero-order chi connectivity index (χ0) is 9.11. The van der Waals surface area contributed by atoms with E-state index in [0.717, 1.165) is 6.41 Å². The molecule has 4 nitrogen and oxygen atoms in total. The van der Waals surface area contributed by atoms with Gasteiger partial charge >= 0.3 is 0 Å². The van der Waals surface area contributed by atoms with Gasteiger partial charge in [-0.1, -0.05) is 0 Å².